The molecule has 1 N–H and O–H groups in total. The van der Waals surface area contributed by atoms with Crippen molar-refractivity contribution in [2.75, 3.05) is 0 Å². The molecule has 5 heteroatoms. The van der Waals surface area contributed by atoms with Gasteiger partial charge in [-0.15, -0.1) is 0 Å². The minimum absolute atomic E-state index is 0.111. The first-order valence-electron chi connectivity index (χ1n) is 4.84. The van der Waals surface area contributed by atoms with E-state index in [1.54, 1.807) is 13.0 Å². The molecule has 0 aliphatic carbocycles. The summed E-state index contributed by atoms with van der Waals surface area (Å²) in [5.41, 5.74) is 0.564. The van der Waals surface area contributed by atoms with E-state index in [2.05, 4.69) is 0 Å². The number of sulfone groups is 1. The molecule has 0 unspecified atom stereocenters. The molecule has 0 saturated heterocycles. The van der Waals surface area contributed by atoms with Crippen LogP contribution in [0.2, 0.25) is 0 Å². The lowest BCUT2D eigenvalue weighted by molar-refractivity contribution is 0.0692. The van der Waals surface area contributed by atoms with Crippen LogP contribution in [0.5, 0.6) is 0 Å². The average molecular weight is 242 g/mol. The Morgan fingerprint density at radius 1 is 1.31 bits per heavy atom. The molecule has 0 radical (unpaired) electrons. The number of hydrogen-bond acceptors (Lipinski definition) is 3. The Morgan fingerprint density at radius 2 is 1.88 bits per heavy atom. The van der Waals surface area contributed by atoms with E-state index < -0.39 is 21.1 Å². The van der Waals surface area contributed by atoms with Crippen LogP contribution in [0, 0.1) is 6.92 Å². The smallest absolute Gasteiger partial charge is 0.337 e. The average Bonchev–Trinajstić information content (AvgIpc) is 2.16. The van der Waals surface area contributed by atoms with Gasteiger partial charge in [-0.2, -0.15) is 0 Å². The van der Waals surface area contributed by atoms with Crippen LogP contribution in [0.25, 0.3) is 0 Å². The van der Waals surface area contributed by atoms with Crippen LogP contribution in [-0.2, 0) is 9.84 Å². The Balaban J connectivity index is 3.52. The lowest BCUT2D eigenvalue weighted by atomic mass is 10.1. The van der Waals surface area contributed by atoms with Crippen LogP contribution in [0.1, 0.15) is 29.8 Å². The van der Waals surface area contributed by atoms with Gasteiger partial charge in [-0.05, 0) is 32.9 Å². The summed E-state index contributed by atoms with van der Waals surface area (Å²) in [6.45, 7) is 4.78. The van der Waals surface area contributed by atoms with E-state index in [4.69, 9.17) is 5.11 Å². The zero-order valence-corrected chi connectivity index (χ0v) is 10.2. The summed E-state index contributed by atoms with van der Waals surface area (Å²) in [4.78, 5) is 10.9. The quantitative estimate of drug-likeness (QED) is 0.878. The van der Waals surface area contributed by atoms with Crippen molar-refractivity contribution in [3.8, 4) is 0 Å². The van der Waals surface area contributed by atoms with Crippen LogP contribution in [0.3, 0.4) is 0 Å². The topological polar surface area (TPSA) is 71.4 Å². The highest BCUT2D eigenvalue weighted by Crippen LogP contribution is 2.21. The molecule has 0 aromatic heterocycles. The Morgan fingerprint density at radius 3 is 2.31 bits per heavy atom. The van der Waals surface area contributed by atoms with E-state index in [0.29, 0.717) is 0 Å². The van der Waals surface area contributed by atoms with Gasteiger partial charge in [0.05, 0.1) is 15.7 Å². The van der Waals surface area contributed by atoms with E-state index in [1.807, 2.05) is 0 Å². The van der Waals surface area contributed by atoms with Crippen molar-refractivity contribution in [2.24, 2.45) is 0 Å². The van der Waals surface area contributed by atoms with Gasteiger partial charge >= 0.3 is 5.97 Å². The summed E-state index contributed by atoms with van der Waals surface area (Å²) in [6, 6.07) is 4.33. The van der Waals surface area contributed by atoms with Gasteiger partial charge in [-0.3, -0.25) is 0 Å². The standard InChI is InChI=1S/C11H14O4S/c1-7(2)16(14,15)10-5-4-8(3)6-9(10)11(12)13/h4-7H,1-3H3,(H,12,13). The lowest BCUT2D eigenvalue weighted by Crippen LogP contribution is -2.17. The molecule has 0 aliphatic rings. The van der Waals surface area contributed by atoms with Crippen molar-refractivity contribution >= 4 is 15.8 Å². The Bertz CT molecular complexity index is 515. The third-order valence-corrected chi connectivity index (χ3v) is 4.50. The highest BCUT2D eigenvalue weighted by molar-refractivity contribution is 7.92. The minimum atomic E-state index is -3.55. The molecule has 0 bridgehead atoms. The maximum Gasteiger partial charge on any atom is 0.337 e. The van der Waals surface area contributed by atoms with Gasteiger partial charge in [-0.25, -0.2) is 13.2 Å². The van der Waals surface area contributed by atoms with Crippen molar-refractivity contribution in [1.29, 1.82) is 0 Å². The Labute approximate surface area is 94.8 Å². The first-order chi connectivity index (χ1) is 7.26. The zero-order valence-electron chi connectivity index (χ0n) is 9.39. The van der Waals surface area contributed by atoms with Crippen LogP contribution in [-0.4, -0.2) is 24.7 Å². The fourth-order valence-electron chi connectivity index (χ4n) is 1.31. The normalized spacial score (nSPS) is 11.8. The third kappa shape index (κ3) is 2.24. The second-order valence-electron chi connectivity index (χ2n) is 3.90. The number of aryl methyl sites for hydroxylation is 1. The number of carboxylic acid groups (broad SMARTS) is 1. The Hall–Kier alpha value is -1.36. The van der Waals surface area contributed by atoms with Crippen molar-refractivity contribution in [2.45, 2.75) is 30.9 Å². The summed E-state index contributed by atoms with van der Waals surface area (Å²) in [5, 5.41) is 8.34. The van der Waals surface area contributed by atoms with Gasteiger partial charge in [0, 0.05) is 0 Å². The number of carboxylic acids is 1. The number of rotatable bonds is 3. The predicted molar refractivity (Wildman–Crippen MR) is 60.5 cm³/mol. The fourth-order valence-corrected chi connectivity index (χ4v) is 2.53. The minimum Gasteiger partial charge on any atom is -0.478 e. The molecule has 16 heavy (non-hydrogen) atoms. The summed E-state index contributed by atoms with van der Waals surface area (Å²) in [5.74, 6) is -1.22. The molecule has 1 rings (SSSR count). The number of carbonyl (C=O) groups is 1. The van der Waals surface area contributed by atoms with E-state index in [0.717, 1.165) is 5.56 Å². The number of hydrogen-bond donors (Lipinski definition) is 1. The van der Waals surface area contributed by atoms with Crippen LogP contribution in [0.4, 0.5) is 0 Å². The molecule has 0 heterocycles. The molecule has 1 aromatic rings. The monoisotopic (exact) mass is 242 g/mol. The highest BCUT2D eigenvalue weighted by Gasteiger charge is 2.25. The molecule has 4 nitrogen and oxygen atoms in total. The highest BCUT2D eigenvalue weighted by atomic mass is 32.2. The van der Waals surface area contributed by atoms with E-state index in [-0.39, 0.29) is 10.5 Å². The van der Waals surface area contributed by atoms with Gasteiger partial charge in [0.15, 0.2) is 9.84 Å². The largest absolute Gasteiger partial charge is 0.478 e. The van der Waals surface area contributed by atoms with Gasteiger partial charge in [0.1, 0.15) is 0 Å². The summed E-state index contributed by atoms with van der Waals surface area (Å²) in [6.07, 6.45) is 0. The second kappa shape index (κ2) is 4.25. The maximum absolute atomic E-state index is 11.9. The first kappa shape index (κ1) is 12.7. The molecule has 0 amide bonds. The lowest BCUT2D eigenvalue weighted by Gasteiger charge is -2.11. The summed E-state index contributed by atoms with van der Waals surface area (Å²) >= 11 is 0. The van der Waals surface area contributed by atoms with Crippen molar-refractivity contribution < 1.29 is 18.3 Å². The molecule has 88 valence electrons. The molecular weight excluding hydrogens is 228 g/mol. The number of benzene rings is 1. The SMILES string of the molecule is Cc1ccc(S(=O)(=O)C(C)C)c(C(=O)O)c1. The zero-order chi connectivity index (χ0) is 12.5. The van der Waals surface area contributed by atoms with Crippen molar-refractivity contribution in [3.63, 3.8) is 0 Å². The van der Waals surface area contributed by atoms with Gasteiger partial charge in [0.2, 0.25) is 0 Å². The van der Waals surface area contributed by atoms with Crippen molar-refractivity contribution in [3.05, 3.63) is 29.3 Å². The third-order valence-electron chi connectivity index (χ3n) is 2.29. The molecule has 0 spiro atoms. The molecular formula is C11H14O4S. The summed E-state index contributed by atoms with van der Waals surface area (Å²) in [7, 11) is -3.55. The molecule has 1 aromatic carbocycles. The molecule has 0 atom stereocenters. The van der Waals surface area contributed by atoms with Crippen LogP contribution in [0.15, 0.2) is 23.1 Å². The first-order valence-corrected chi connectivity index (χ1v) is 6.39. The van der Waals surface area contributed by atoms with Gasteiger partial charge < -0.3 is 5.11 Å². The molecule has 0 aliphatic heterocycles. The van der Waals surface area contributed by atoms with Crippen LogP contribution < -0.4 is 0 Å². The number of aromatic carboxylic acids is 1. The van der Waals surface area contributed by atoms with Gasteiger partial charge in [-0.1, -0.05) is 11.6 Å². The summed E-state index contributed by atoms with van der Waals surface area (Å²) < 4.78 is 23.8. The molecule has 0 fully saturated rings. The van der Waals surface area contributed by atoms with Gasteiger partial charge in [0.25, 0.3) is 0 Å². The van der Waals surface area contributed by atoms with E-state index in [1.165, 1.54) is 26.0 Å². The Kier molecular flexibility index (Phi) is 3.38. The van der Waals surface area contributed by atoms with E-state index >= 15 is 0 Å². The van der Waals surface area contributed by atoms with Crippen LogP contribution >= 0.6 is 0 Å². The maximum atomic E-state index is 11.9. The molecule has 0 saturated carbocycles. The van der Waals surface area contributed by atoms with Crippen molar-refractivity contribution in [1.82, 2.24) is 0 Å². The predicted octanol–water partition coefficient (Wildman–Crippen LogP) is 1.88. The fraction of sp³-hybridized carbons (Fsp3) is 0.364. The second-order valence-corrected chi connectivity index (χ2v) is 6.37. The van der Waals surface area contributed by atoms with E-state index in [9.17, 15) is 13.2 Å².